The molecule has 4 heteroatoms. The maximum absolute atomic E-state index is 14.2. The maximum Gasteiger partial charge on any atom is 0.145 e. The van der Waals surface area contributed by atoms with E-state index in [4.69, 9.17) is 0 Å². The van der Waals surface area contributed by atoms with E-state index in [1.807, 2.05) is 25.1 Å². The molecule has 0 bridgehead atoms. The molecule has 0 aliphatic carbocycles. The quantitative estimate of drug-likeness (QED) is 0.751. The van der Waals surface area contributed by atoms with Gasteiger partial charge in [-0.25, -0.2) is 8.78 Å². The topological polar surface area (TPSA) is 12.0 Å². The molecule has 2 rings (SSSR count). The van der Waals surface area contributed by atoms with Gasteiger partial charge in [0.2, 0.25) is 0 Å². The smallest absolute Gasteiger partial charge is 0.145 e. The second-order valence-electron chi connectivity index (χ2n) is 5.13. The van der Waals surface area contributed by atoms with E-state index in [2.05, 4.69) is 27.3 Å². The molecule has 112 valence electrons. The standard InChI is InChI=1S/C17H18BrF2N/c1-11-4-3-5-12(10-11)6-9-15(21-2)16-14(19)8-7-13(18)17(16)20/h3-5,7-8,10,15,21H,6,9H2,1-2H3. The van der Waals surface area contributed by atoms with Crippen LogP contribution in [0.5, 0.6) is 0 Å². The molecular formula is C17H18BrF2N. The second kappa shape index (κ2) is 7.14. The van der Waals surface area contributed by atoms with E-state index >= 15 is 0 Å². The summed E-state index contributed by atoms with van der Waals surface area (Å²) in [4.78, 5) is 0. The number of hydrogen-bond donors (Lipinski definition) is 1. The monoisotopic (exact) mass is 353 g/mol. The van der Waals surface area contributed by atoms with E-state index < -0.39 is 11.6 Å². The Labute approximate surface area is 132 Å². The van der Waals surface area contributed by atoms with Gasteiger partial charge in [-0.05, 0) is 60.4 Å². The SMILES string of the molecule is CNC(CCc1cccc(C)c1)c1c(F)ccc(Br)c1F. The van der Waals surface area contributed by atoms with Crippen molar-refractivity contribution in [3.8, 4) is 0 Å². The van der Waals surface area contributed by atoms with Gasteiger partial charge in [-0.15, -0.1) is 0 Å². The highest BCUT2D eigenvalue weighted by atomic mass is 79.9. The molecule has 21 heavy (non-hydrogen) atoms. The zero-order chi connectivity index (χ0) is 15.4. The van der Waals surface area contributed by atoms with Gasteiger partial charge in [0.25, 0.3) is 0 Å². The van der Waals surface area contributed by atoms with Crippen molar-refractivity contribution in [2.24, 2.45) is 0 Å². The summed E-state index contributed by atoms with van der Waals surface area (Å²) >= 11 is 3.11. The summed E-state index contributed by atoms with van der Waals surface area (Å²) < 4.78 is 28.4. The molecule has 0 aliphatic rings. The van der Waals surface area contributed by atoms with E-state index in [0.29, 0.717) is 6.42 Å². The van der Waals surface area contributed by atoms with Gasteiger partial charge in [0.15, 0.2) is 0 Å². The lowest BCUT2D eigenvalue weighted by Crippen LogP contribution is -2.20. The summed E-state index contributed by atoms with van der Waals surface area (Å²) in [6.45, 7) is 2.03. The van der Waals surface area contributed by atoms with Crippen LogP contribution in [0.25, 0.3) is 0 Å². The van der Waals surface area contributed by atoms with Crippen LogP contribution in [0.2, 0.25) is 0 Å². The van der Waals surface area contributed by atoms with Crippen molar-refractivity contribution < 1.29 is 8.78 Å². The first-order chi connectivity index (χ1) is 10.0. The van der Waals surface area contributed by atoms with Crippen molar-refractivity contribution >= 4 is 15.9 Å². The molecule has 1 N–H and O–H groups in total. The van der Waals surface area contributed by atoms with Crippen molar-refractivity contribution in [1.29, 1.82) is 0 Å². The van der Waals surface area contributed by atoms with Gasteiger partial charge in [-0.2, -0.15) is 0 Å². The summed E-state index contributed by atoms with van der Waals surface area (Å²) in [5.74, 6) is -1.04. The Morgan fingerprint density at radius 2 is 1.95 bits per heavy atom. The predicted molar refractivity (Wildman–Crippen MR) is 85.4 cm³/mol. The summed E-state index contributed by atoms with van der Waals surface area (Å²) in [5.41, 5.74) is 2.46. The van der Waals surface area contributed by atoms with Crippen LogP contribution in [0.4, 0.5) is 8.78 Å². The van der Waals surface area contributed by atoms with Crippen molar-refractivity contribution in [2.45, 2.75) is 25.8 Å². The van der Waals surface area contributed by atoms with E-state index in [1.165, 1.54) is 23.3 Å². The van der Waals surface area contributed by atoms with Gasteiger partial charge in [-0.1, -0.05) is 29.8 Å². The van der Waals surface area contributed by atoms with E-state index in [0.717, 1.165) is 6.42 Å². The maximum atomic E-state index is 14.2. The third kappa shape index (κ3) is 3.89. The highest BCUT2D eigenvalue weighted by molar-refractivity contribution is 9.10. The normalized spacial score (nSPS) is 12.4. The number of rotatable bonds is 5. The first kappa shape index (κ1) is 16.1. The molecule has 1 unspecified atom stereocenters. The lowest BCUT2D eigenvalue weighted by molar-refractivity contribution is 0.469. The molecule has 1 atom stereocenters. The lowest BCUT2D eigenvalue weighted by Gasteiger charge is -2.19. The zero-order valence-corrected chi connectivity index (χ0v) is 13.7. The molecule has 0 aliphatic heterocycles. The van der Waals surface area contributed by atoms with Gasteiger partial charge >= 0.3 is 0 Å². The number of hydrogen-bond acceptors (Lipinski definition) is 1. The molecule has 0 saturated heterocycles. The van der Waals surface area contributed by atoms with Crippen LogP contribution in [0.1, 0.15) is 29.2 Å². The minimum Gasteiger partial charge on any atom is -0.313 e. The molecule has 0 saturated carbocycles. The second-order valence-corrected chi connectivity index (χ2v) is 5.98. The average molecular weight is 354 g/mol. The van der Waals surface area contributed by atoms with Crippen molar-refractivity contribution in [1.82, 2.24) is 5.32 Å². The van der Waals surface area contributed by atoms with E-state index in [9.17, 15) is 8.78 Å². The van der Waals surface area contributed by atoms with Crippen molar-refractivity contribution in [3.05, 3.63) is 69.2 Å². The minimum atomic E-state index is -0.529. The summed E-state index contributed by atoms with van der Waals surface area (Å²) in [7, 11) is 1.72. The molecule has 0 fully saturated rings. The molecule has 0 radical (unpaired) electrons. The lowest BCUT2D eigenvalue weighted by atomic mass is 9.97. The number of halogens is 3. The van der Waals surface area contributed by atoms with E-state index in [-0.39, 0.29) is 16.1 Å². The highest BCUT2D eigenvalue weighted by Gasteiger charge is 2.20. The fourth-order valence-electron chi connectivity index (χ4n) is 2.47. The number of nitrogens with one attached hydrogen (secondary N) is 1. The third-order valence-electron chi connectivity index (χ3n) is 3.58. The Morgan fingerprint density at radius 3 is 2.62 bits per heavy atom. The van der Waals surface area contributed by atoms with Gasteiger partial charge in [0, 0.05) is 11.6 Å². The highest BCUT2D eigenvalue weighted by Crippen LogP contribution is 2.29. The molecule has 2 aromatic rings. The Morgan fingerprint density at radius 1 is 1.19 bits per heavy atom. The Kier molecular flexibility index (Phi) is 5.48. The molecule has 0 amide bonds. The van der Waals surface area contributed by atoms with Crippen LogP contribution in [-0.4, -0.2) is 7.05 Å². The van der Waals surface area contributed by atoms with Crippen molar-refractivity contribution in [2.75, 3.05) is 7.05 Å². The first-order valence-corrected chi connectivity index (χ1v) is 7.68. The van der Waals surface area contributed by atoms with E-state index in [1.54, 1.807) is 7.05 Å². The predicted octanol–water partition coefficient (Wildman–Crippen LogP) is 4.93. The molecule has 1 nitrogen and oxygen atoms in total. The van der Waals surface area contributed by atoms with Crippen LogP contribution in [0.3, 0.4) is 0 Å². The largest absolute Gasteiger partial charge is 0.313 e. The van der Waals surface area contributed by atoms with Gasteiger partial charge in [0.1, 0.15) is 11.6 Å². The molecule has 2 aromatic carbocycles. The average Bonchev–Trinajstić information content (AvgIpc) is 2.46. The summed E-state index contributed by atoms with van der Waals surface area (Å²) in [5, 5.41) is 3.01. The van der Waals surface area contributed by atoms with Crippen LogP contribution in [0.15, 0.2) is 40.9 Å². The minimum absolute atomic E-state index is 0.0968. The van der Waals surface area contributed by atoms with Crippen LogP contribution in [0, 0.1) is 18.6 Å². The molecule has 0 heterocycles. The number of aryl methyl sites for hydroxylation is 2. The van der Waals surface area contributed by atoms with Gasteiger partial charge in [0.05, 0.1) is 4.47 Å². The molecule has 0 spiro atoms. The van der Waals surface area contributed by atoms with Crippen molar-refractivity contribution in [3.63, 3.8) is 0 Å². The fraction of sp³-hybridized carbons (Fsp3) is 0.294. The molecular weight excluding hydrogens is 336 g/mol. The third-order valence-corrected chi connectivity index (χ3v) is 4.19. The van der Waals surface area contributed by atoms with Gasteiger partial charge < -0.3 is 5.32 Å². The van der Waals surface area contributed by atoms with Crippen LogP contribution < -0.4 is 5.32 Å². The van der Waals surface area contributed by atoms with Gasteiger partial charge in [-0.3, -0.25) is 0 Å². The fourth-order valence-corrected chi connectivity index (χ4v) is 2.82. The number of benzene rings is 2. The Balaban J connectivity index is 2.19. The molecule has 0 aromatic heterocycles. The summed E-state index contributed by atoms with van der Waals surface area (Å²) in [6.07, 6.45) is 1.39. The zero-order valence-electron chi connectivity index (χ0n) is 12.1. The van der Waals surface area contributed by atoms with Crippen LogP contribution >= 0.6 is 15.9 Å². The Bertz CT molecular complexity index is 628. The van der Waals surface area contributed by atoms with Crippen LogP contribution in [-0.2, 0) is 6.42 Å². The summed E-state index contributed by atoms with van der Waals surface area (Å²) in [6, 6.07) is 10.5. The Hall–Kier alpha value is -1.26. The first-order valence-electron chi connectivity index (χ1n) is 6.89.